The molecule has 1 aliphatic rings. The number of carbonyl (C=O) groups excluding carboxylic acids is 1. The number of benzene rings is 2. The molecule has 1 unspecified atom stereocenters. The first kappa shape index (κ1) is 20.5. The molecule has 5 nitrogen and oxygen atoms in total. The van der Waals surface area contributed by atoms with Crippen LogP contribution < -0.4 is 10.1 Å². The minimum Gasteiger partial charge on any atom is -0.497 e. The zero-order chi connectivity index (χ0) is 21.1. The van der Waals surface area contributed by atoms with Crippen LogP contribution in [0, 0.1) is 13.8 Å². The maximum atomic E-state index is 13.0. The average molecular weight is 407 g/mol. The molecular formula is C25H30N2O3. The average Bonchev–Trinajstić information content (AvgIpc) is 3.11. The normalized spacial score (nSPS) is 15.8. The van der Waals surface area contributed by atoms with E-state index in [1.165, 1.54) is 24.8 Å². The van der Waals surface area contributed by atoms with Crippen molar-refractivity contribution in [1.82, 2.24) is 10.2 Å². The molecule has 1 aromatic heterocycles. The first-order valence-corrected chi connectivity index (χ1v) is 10.7. The van der Waals surface area contributed by atoms with Gasteiger partial charge >= 0.3 is 0 Å². The van der Waals surface area contributed by atoms with Crippen LogP contribution in [0.2, 0.25) is 0 Å². The summed E-state index contributed by atoms with van der Waals surface area (Å²) in [6.07, 6.45) is 3.67. The maximum absolute atomic E-state index is 13.0. The fraction of sp³-hybridized carbons (Fsp3) is 0.400. The molecule has 1 N–H and O–H groups in total. The lowest BCUT2D eigenvalue weighted by atomic mass is 10.0. The number of aryl methyl sites for hydroxylation is 2. The van der Waals surface area contributed by atoms with Gasteiger partial charge in [-0.25, -0.2) is 0 Å². The highest BCUT2D eigenvalue weighted by molar-refractivity contribution is 5.99. The van der Waals surface area contributed by atoms with Crippen LogP contribution in [0.3, 0.4) is 0 Å². The van der Waals surface area contributed by atoms with Crippen LogP contribution in [0.4, 0.5) is 0 Å². The van der Waals surface area contributed by atoms with Gasteiger partial charge in [0.15, 0.2) is 5.76 Å². The fourth-order valence-corrected chi connectivity index (χ4v) is 4.33. The molecule has 0 spiro atoms. The standard InChI is InChI=1S/C25H30N2O3/c1-17-7-12-23-21(15-17)18(2)24(30-23)25(28)26-16-22(27-13-5-4-6-14-27)19-8-10-20(29-3)11-9-19/h7-12,15,22H,4-6,13-14,16H2,1-3H3,(H,26,28). The van der Waals surface area contributed by atoms with Gasteiger partial charge in [0.25, 0.3) is 5.91 Å². The Hall–Kier alpha value is -2.79. The summed E-state index contributed by atoms with van der Waals surface area (Å²) < 4.78 is 11.2. The number of carbonyl (C=O) groups is 1. The van der Waals surface area contributed by atoms with Crippen LogP contribution in [0.5, 0.6) is 5.75 Å². The Morgan fingerprint density at radius 3 is 2.53 bits per heavy atom. The molecule has 4 rings (SSSR count). The Morgan fingerprint density at radius 2 is 1.83 bits per heavy atom. The minimum atomic E-state index is -0.156. The van der Waals surface area contributed by atoms with Crippen molar-refractivity contribution in [2.75, 3.05) is 26.7 Å². The number of piperidine rings is 1. The number of hydrogen-bond donors (Lipinski definition) is 1. The number of likely N-dealkylation sites (tertiary alicyclic amines) is 1. The molecule has 1 aliphatic heterocycles. The van der Waals surface area contributed by atoms with Gasteiger partial charge < -0.3 is 14.5 Å². The predicted molar refractivity (Wildman–Crippen MR) is 119 cm³/mol. The second-order valence-corrected chi connectivity index (χ2v) is 8.15. The highest BCUT2D eigenvalue weighted by Gasteiger charge is 2.24. The van der Waals surface area contributed by atoms with Gasteiger partial charge in [-0.2, -0.15) is 0 Å². The van der Waals surface area contributed by atoms with Crippen molar-refractivity contribution in [2.45, 2.75) is 39.2 Å². The second kappa shape index (κ2) is 8.92. The van der Waals surface area contributed by atoms with Crippen LogP contribution in [-0.2, 0) is 0 Å². The molecule has 1 amide bonds. The van der Waals surface area contributed by atoms with Gasteiger partial charge in [0.2, 0.25) is 0 Å². The van der Waals surface area contributed by atoms with E-state index in [-0.39, 0.29) is 11.9 Å². The number of nitrogens with zero attached hydrogens (tertiary/aromatic N) is 1. The minimum absolute atomic E-state index is 0.132. The van der Waals surface area contributed by atoms with Crippen molar-refractivity contribution in [2.24, 2.45) is 0 Å². The van der Waals surface area contributed by atoms with E-state index in [9.17, 15) is 4.79 Å². The molecule has 2 heterocycles. The van der Waals surface area contributed by atoms with Crippen LogP contribution in [0.1, 0.15) is 52.5 Å². The third-order valence-corrected chi connectivity index (χ3v) is 6.09. The number of furan rings is 1. The molecule has 1 saturated heterocycles. The van der Waals surface area contributed by atoms with Crippen LogP contribution >= 0.6 is 0 Å². The van der Waals surface area contributed by atoms with Gasteiger partial charge in [0.1, 0.15) is 11.3 Å². The van der Waals surface area contributed by atoms with Crippen LogP contribution in [-0.4, -0.2) is 37.6 Å². The van der Waals surface area contributed by atoms with E-state index in [4.69, 9.17) is 9.15 Å². The fourth-order valence-electron chi connectivity index (χ4n) is 4.33. The van der Waals surface area contributed by atoms with E-state index in [1.807, 2.05) is 38.1 Å². The van der Waals surface area contributed by atoms with Crippen molar-refractivity contribution in [3.63, 3.8) is 0 Å². The predicted octanol–water partition coefficient (Wildman–Crippen LogP) is 5.02. The number of nitrogens with one attached hydrogen (secondary N) is 1. The molecular weight excluding hydrogens is 376 g/mol. The molecule has 30 heavy (non-hydrogen) atoms. The molecule has 158 valence electrons. The van der Waals surface area contributed by atoms with Crippen LogP contribution in [0.25, 0.3) is 11.0 Å². The highest BCUT2D eigenvalue weighted by atomic mass is 16.5. The summed E-state index contributed by atoms with van der Waals surface area (Å²) in [5.74, 6) is 1.09. The summed E-state index contributed by atoms with van der Waals surface area (Å²) >= 11 is 0. The number of rotatable bonds is 6. The summed E-state index contributed by atoms with van der Waals surface area (Å²) in [7, 11) is 1.68. The van der Waals surface area contributed by atoms with Crippen molar-refractivity contribution in [1.29, 1.82) is 0 Å². The lowest BCUT2D eigenvalue weighted by Gasteiger charge is -2.35. The van der Waals surface area contributed by atoms with Gasteiger partial charge in [-0.05, 0) is 69.6 Å². The van der Waals surface area contributed by atoms with E-state index in [0.717, 1.165) is 40.9 Å². The number of methoxy groups -OCH3 is 1. The summed E-state index contributed by atoms with van der Waals surface area (Å²) in [5, 5.41) is 4.14. The van der Waals surface area contributed by atoms with E-state index in [0.29, 0.717) is 12.3 Å². The highest BCUT2D eigenvalue weighted by Crippen LogP contribution is 2.28. The first-order chi connectivity index (χ1) is 14.6. The zero-order valence-corrected chi connectivity index (χ0v) is 18.0. The number of hydrogen-bond acceptors (Lipinski definition) is 4. The molecule has 1 atom stereocenters. The molecule has 0 radical (unpaired) electrons. The molecule has 3 aromatic rings. The Labute approximate surface area is 178 Å². The van der Waals surface area contributed by atoms with Gasteiger partial charge in [0, 0.05) is 17.5 Å². The maximum Gasteiger partial charge on any atom is 0.287 e. The van der Waals surface area contributed by atoms with E-state index in [2.05, 4.69) is 28.4 Å². The van der Waals surface area contributed by atoms with Crippen molar-refractivity contribution in [3.8, 4) is 5.75 Å². The quantitative estimate of drug-likeness (QED) is 0.625. The number of ether oxygens (including phenoxy) is 1. The smallest absolute Gasteiger partial charge is 0.287 e. The van der Waals surface area contributed by atoms with Crippen molar-refractivity contribution < 1.29 is 13.9 Å². The topological polar surface area (TPSA) is 54.7 Å². The number of amides is 1. The summed E-state index contributed by atoms with van der Waals surface area (Å²) in [5.41, 5.74) is 3.99. The largest absolute Gasteiger partial charge is 0.497 e. The van der Waals surface area contributed by atoms with Gasteiger partial charge in [-0.3, -0.25) is 9.69 Å². The Kier molecular flexibility index (Phi) is 6.09. The lowest BCUT2D eigenvalue weighted by molar-refractivity contribution is 0.0898. The lowest BCUT2D eigenvalue weighted by Crippen LogP contribution is -2.40. The Morgan fingerprint density at radius 1 is 1.10 bits per heavy atom. The Balaban J connectivity index is 1.54. The monoisotopic (exact) mass is 406 g/mol. The summed E-state index contributed by atoms with van der Waals surface area (Å²) in [6.45, 7) is 6.64. The molecule has 2 aromatic carbocycles. The molecule has 0 aliphatic carbocycles. The summed E-state index contributed by atoms with van der Waals surface area (Å²) in [6, 6.07) is 14.3. The zero-order valence-electron chi connectivity index (χ0n) is 18.0. The van der Waals surface area contributed by atoms with Gasteiger partial charge in [0.05, 0.1) is 13.2 Å². The molecule has 5 heteroatoms. The molecule has 0 saturated carbocycles. The van der Waals surface area contributed by atoms with E-state index in [1.54, 1.807) is 7.11 Å². The molecule has 0 bridgehead atoms. The second-order valence-electron chi connectivity index (χ2n) is 8.15. The van der Waals surface area contributed by atoms with E-state index < -0.39 is 0 Å². The SMILES string of the molecule is COc1ccc(C(CNC(=O)c2oc3ccc(C)cc3c2C)N2CCCCC2)cc1. The third kappa shape index (κ3) is 4.21. The Bertz CT molecular complexity index is 1020. The van der Waals surface area contributed by atoms with Gasteiger partial charge in [-0.15, -0.1) is 0 Å². The van der Waals surface area contributed by atoms with Crippen molar-refractivity contribution in [3.05, 3.63) is 64.9 Å². The van der Waals surface area contributed by atoms with Crippen molar-refractivity contribution >= 4 is 16.9 Å². The summed E-state index contributed by atoms with van der Waals surface area (Å²) in [4.78, 5) is 15.5. The first-order valence-electron chi connectivity index (χ1n) is 10.7. The van der Waals surface area contributed by atoms with Gasteiger partial charge in [-0.1, -0.05) is 30.2 Å². The third-order valence-electron chi connectivity index (χ3n) is 6.09. The van der Waals surface area contributed by atoms with E-state index >= 15 is 0 Å². The number of fused-ring (bicyclic) bond motifs is 1. The molecule has 1 fully saturated rings. The van der Waals surface area contributed by atoms with Crippen LogP contribution in [0.15, 0.2) is 46.9 Å².